The van der Waals surface area contributed by atoms with Crippen molar-refractivity contribution >= 4 is 28.5 Å². The Labute approximate surface area is 194 Å². The van der Waals surface area contributed by atoms with E-state index in [1.54, 1.807) is 6.20 Å². The molecule has 2 atom stereocenters. The van der Waals surface area contributed by atoms with E-state index in [2.05, 4.69) is 25.6 Å². The fourth-order valence-electron chi connectivity index (χ4n) is 4.15. The summed E-state index contributed by atoms with van der Waals surface area (Å²) in [5, 5.41) is 7.37. The van der Waals surface area contributed by atoms with Gasteiger partial charge in [0.05, 0.1) is 11.6 Å². The van der Waals surface area contributed by atoms with Gasteiger partial charge in [-0.25, -0.2) is 9.97 Å². The molecule has 0 spiro atoms. The van der Waals surface area contributed by atoms with Crippen molar-refractivity contribution in [1.82, 2.24) is 20.3 Å². The molecule has 4 rings (SSSR count). The number of aliphatic imine (C=N–C) groups is 1. The lowest BCUT2D eigenvalue weighted by Crippen LogP contribution is -2.38. The molecule has 0 saturated heterocycles. The van der Waals surface area contributed by atoms with Crippen LogP contribution in [0.2, 0.25) is 0 Å². The monoisotopic (exact) mass is 445 g/mol. The third-order valence-corrected chi connectivity index (χ3v) is 5.76. The van der Waals surface area contributed by atoms with Gasteiger partial charge in [0.15, 0.2) is 0 Å². The number of aryl methyl sites for hydroxylation is 1. The van der Waals surface area contributed by atoms with E-state index in [1.165, 1.54) is 0 Å². The predicted molar refractivity (Wildman–Crippen MR) is 132 cm³/mol. The number of nitrogens with two attached hydrogens (primary N) is 1. The molecule has 2 aromatic heterocycles. The number of amides is 1. The van der Waals surface area contributed by atoms with Crippen LogP contribution in [-0.2, 0) is 0 Å². The van der Waals surface area contributed by atoms with Crippen molar-refractivity contribution in [3.05, 3.63) is 59.7 Å². The number of carbonyl (C=O) groups excluding carboxylic acids is 1. The smallest absolute Gasteiger partial charge is 0.289 e. The third-order valence-electron chi connectivity index (χ3n) is 5.76. The number of hydrogen-bond donors (Lipinski definition) is 3. The van der Waals surface area contributed by atoms with Crippen molar-refractivity contribution < 1.29 is 4.79 Å². The van der Waals surface area contributed by atoms with Gasteiger partial charge in [-0.1, -0.05) is 30.5 Å². The van der Waals surface area contributed by atoms with Crippen molar-refractivity contribution in [2.75, 3.05) is 5.32 Å². The highest BCUT2D eigenvalue weighted by Gasteiger charge is 2.27. The maximum absolute atomic E-state index is 12.7. The van der Waals surface area contributed by atoms with Crippen LogP contribution in [0.15, 0.2) is 47.6 Å². The number of fused-ring (bicyclic) bond motifs is 1. The number of nitrogens with zero attached hydrogens (tertiary/aromatic N) is 4. The van der Waals surface area contributed by atoms with Gasteiger partial charge >= 0.3 is 0 Å². The summed E-state index contributed by atoms with van der Waals surface area (Å²) in [6.07, 6.45) is 5.76. The van der Waals surface area contributed by atoms with E-state index in [-0.39, 0.29) is 29.9 Å². The second kappa shape index (κ2) is 9.94. The van der Waals surface area contributed by atoms with Gasteiger partial charge in [-0.15, -0.1) is 0 Å². The lowest BCUT2D eigenvalue weighted by Gasteiger charge is -2.30. The molecule has 1 aliphatic carbocycles. The minimum Gasteiger partial charge on any atom is -0.382 e. The van der Waals surface area contributed by atoms with Crippen molar-refractivity contribution in [2.45, 2.75) is 64.6 Å². The van der Waals surface area contributed by atoms with Crippen molar-refractivity contribution in [1.29, 1.82) is 0 Å². The zero-order valence-corrected chi connectivity index (χ0v) is 19.4. The minimum atomic E-state index is -0.284. The summed E-state index contributed by atoms with van der Waals surface area (Å²) < 4.78 is 0. The SMILES string of the molecule is Cc1ccc2nc(C(=O)NC(C)C)nc(N[C@H]3CCCC[C@H]3N=C(N)c3ccccn3)c2c1. The summed E-state index contributed by atoms with van der Waals surface area (Å²) >= 11 is 0. The summed E-state index contributed by atoms with van der Waals surface area (Å²) in [5.74, 6) is 0.968. The summed E-state index contributed by atoms with van der Waals surface area (Å²) in [6.45, 7) is 5.86. The predicted octanol–water partition coefficient (Wildman–Crippen LogP) is 3.60. The summed E-state index contributed by atoms with van der Waals surface area (Å²) in [5.41, 5.74) is 8.80. The quantitative estimate of drug-likeness (QED) is 0.394. The van der Waals surface area contributed by atoms with Crippen LogP contribution in [0.5, 0.6) is 0 Å². The van der Waals surface area contributed by atoms with Crippen molar-refractivity contribution in [3.8, 4) is 0 Å². The normalized spacial score (nSPS) is 19.0. The first-order valence-corrected chi connectivity index (χ1v) is 11.5. The molecule has 3 aromatic rings. The largest absolute Gasteiger partial charge is 0.382 e. The van der Waals surface area contributed by atoms with Gasteiger partial charge in [-0.3, -0.25) is 14.8 Å². The highest BCUT2D eigenvalue weighted by atomic mass is 16.2. The van der Waals surface area contributed by atoms with Crippen LogP contribution in [0.1, 0.15) is 61.4 Å². The fourth-order valence-corrected chi connectivity index (χ4v) is 4.15. The topological polar surface area (TPSA) is 118 Å². The van der Waals surface area contributed by atoms with E-state index >= 15 is 0 Å². The molecule has 0 aliphatic heterocycles. The number of benzene rings is 1. The van der Waals surface area contributed by atoms with Gasteiger partial charge in [-0.05, 0) is 57.9 Å². The Hall–Kier alpha value is -3.55. The van der Waals surface area contributed by atoms with Gasteiger partial charge in [-0.2, -0.15) is 0 Å². The Morgan fingerprint density at radius 2 is 1.97 bits per heavy atom. The van der Waals surface area contributed by atoms with Crippen LogP contribution in [0.25, 0.3) is 10.9 Å². The molecule has 1 fully saturated rings. The lowest BCUT2D eigenvalue weighted by atomic mass is 9.90. The van der Waals surface area contributed by atoms with Crippen LogP contribution in [0, 0.1) is 6.92 Å². The van der Waals surface area contributed by atoms with Gasteiger partial charge in [0.1, 0.15) is 17.3 Å². The van der Waals surface area contributed by atoms with E-state index < -0.39 is 0 Å². The molecule has 0 radical (unpaired) electrons. The number of rotatable bonds is 6. The summed E-state index contributed by atoms with van der Waals surface area (Å²) in [6, 6.07) is 11.6. The number of amidine groups is 1. The van der Waals surface area contributed by atoms with E-state index in [4.69, 9.17) is 10.7 Å². The Morgan fingerprint density at radius 3 is 2.73 bits per heavy atom. The van der Waals surface area contributed by atoms with Gasteiger partial charge in [0.2, 0.25) is 5.82 Å². The summed E-state index contributed by atoms with van der Waals surface area (Å²) in [4.78, 5) is 31.0. The van der Waals surface area contributed by atoms with Crippen molar-refractivity contribution in [3.63, 3.8) is 0 Å². The Kier molecular flexibility index (Phi) is 6.82. The van der Waals surface area contributed by atoms with Crippen LogP contribution in [0.3, 0.4) is 0 Å². The Balaban J connectivity index is 1.68. The average molecular weight is 446 g/mol. The van der Waals surface area contributed by atoms with Crippen LogP contribution >= 0.6 is 0 Å². The molecule has 8 nitrogen and oxygen atoms in total. The minimum absolute atomic E-state index is 0.00198. The highest BCUT2D eigenvalue weighted by Crippen LogP contribution is 2.28. The Morgan fingerprint density at radius 1 is 1.15 bits per heavy atom. The molecule has 1 aliphatic rings. The van der Waals surface area contributed by atoms with Gasteiger partial charge in [0, 0.05) is 23.7 Å². The average Bonchev–Trinajstić information content (AvgIpc) is 2.80. The number of carbonyl (C=O) groups is 1. The Bertz CT molecular complexity index is 1160. The number of nitrogens with one attached hydrogen (secondary N) is 2. The maximum atomic E-state index is 12.7. The van der Waals surface area contributed by atoms with E-state index in [0.717, 1.165) is 42.1 Å². The second-order valence-electron chi connectivity index (χ2n) is 8.88. The third kappa shape index (κ3) is 5.45. The van der Waals surface area contributed by atoms with Crippen LogP contribution in [-0.4, -0.2) is 44.8 Å². The molecule has 8 heteroatoms. The number of aromatic nitrogens is 3. The molecule has 0 unspecified atom stereocenters. The van der Waals surface area contributed by atoms with Gasteiger partial charge in [0.25, 0.3) is 5.91 Å². The highest BCUT2D eigenvalue weighted by molar-refractivity contribution is 5.97. The zero-order chi connectivity index (χ0) is 23.4. The van der Waals surface area contributed by atoms with Crippen molar-refractivity contribution in [2.24, 2.45) is 10.7 Å². The maximum Gasteiger partial charge on any atom is 0.289 e. The standard InChI is InChI=1S/C25H31N7O/c1-15(2)28-25(33)24-30-18-12-11-16(3)14-17(18)23(32-24)31-20-9-5-4-8-19(20)29-22(26)21-10-6-7-13-27-21/h6-7,10-15,19-20H,4-5,8-9H2,1-3H3,(H2,26,29)(H,28,33)(H,30,31,32)/t19-,20+/m1/s1. The molecule has 1 saturated carbocycles. The molecule has 2 heterocycles. The molecular formula is C25H31N7O. The van der Waals surface area contributed by atoms with E-state index in [9.17, 15) is 4.79 Å². The number of pyridine rings is 1. The lowest BCUT2D eigenvalue weighted by molar-refractivity contribution is 0.0933. The molecule has 1 amide bonds. The first-order valence-electron chi connectivity index (χ1n) is 11.5. The number of hydrogen-bond acceptors (Lipinski definition) is 6. The summed E-state index contributed by atoms with van der Waals surface area (Å²) in [7, 11) is 0. The molecule has 172 valence electrons. The first-order chi connectivity index (χ1) is 15.9. The molecule has 33 heavy (non-hydrogen) atoms. The first kappa shape index (κ1) is 22.6. The zero-order valence-electron chi connectivity index (χ0n) is 19.4. The molecule has 0 bridgehead atoms. The van der Waals surface area contributed by atoms with E-state index in [0.29, 0.717) is 17.3 Å². The van der Waals surface area contributed by atoms with Gasteiger partial charge < -0.3 is 16.4 Å². The second-order valence-corrected chi connectivity index (χ2v) is 8.88. The molecule has 1 aromatic carbocycles. The fraction of sp³-hybridized carbons (Fsp3) is 0.400. The van der Waals surface area contributed by atoms with Crippen LogP contribution < -0.4 is 16.4 Å². The van der Waals surface area contributed by atoms with Crippen LogP contribution in [0.4, 0.5) is 5.82 Å². The van der Waals surface area contributed by atoms with E-state index in [1.807, 2.05) is 57.2 Å². The molecule has 4 N–H and O–H groups in total. The molecular weight excluding hydrogens is 414 g/mol. The number of anilines is 1.